The van der Waals surface area contributed by atoms with E-state index in [1.54, 1.807) is 12.2 Å². The third-order valence-electron chi connectivity index (χ3n) is 2.82. The van der Waals surface area contributed by atoms with Gasteiger partial charge in [0.2, 0.25) is 0 Å². The monoisotopic (exact) mass is 218 g/mol. The lowest BCUT2D eigenvalue weighted by Gasteiger charge is -2.35. The molecule has 1 aliphatic rings. The smallest absolute Gasteiger partial charge is 0.0973 e. The standard InChI is InChI=1S/C14H18O2/c1-13(2)9-7-5-6-8-10-14(3,4)12(16)11(13)15/h5-6,11-12,15-16H,1-4H3/b6-5-/t11-,12+. The van der Waals surface area contributed by atoms with Crippen LogP contribution in [0.4, 0.5) is 0 Å². The predicted molar refractivity (Wildman–Crippen MR) is 64.3 cm³/mol. The SMILES string of the molecule is CC1(C)C#C/C=C\C#CC(C)(C)[C@@H](O)[C@H]1O. The fourth-order valence-electron chi connectivity index (χ4n) is 1.48. The van der Waals surface area contributed by atoms with E-state index in [0.29, 0.717) is 0 Å². The highest BCUT2D eigenvalue weighted by Gasteiger charge is 2.39. The summed E-state index contributed by atoms with van der Waals surface area (Å²) >= 11 is 0. The molecule has 1 rings (SSSR count). The predicted octanol–water partition coefficient (Wildman–Crippen LogP) is 1.34. The molecule has 0 unspecified atom stereocenters. The molecule has 86 valence electrons. The van der Waals surface area contributed by atoms with Crippen LogP contribution in [0.2, 0.25) is 0 Å². The van der Waals surface area contributed by atoms with E-state index in [9.17, 15) is 10.2 Å². The van der Waals surface area contributed by atoms with Crippen LogP contribution in [0.15, 0.2) is 12.2 Å². The van der Waals surface area contributed by atoms with E-state index in [4.69, 9.17) is 0 Å². The normalized spacial score (nSPS) is 32.6. The van der Waals surface area contributed by atoms with Gasteiger partial charge in [0.1, 0.15) is 0 Å². The molecule has 0 amide bonds. The van der Waals surface area contributed by atoms with Gasteiger partial charge >= 0.3 is 0 Å². The van der Waals surface area contributed by atoms with Gasteiger partial charge in [-0.15, -0.1) is 0 Å². The Bertz CT molecular complexity index is 367. The maximum atomic E-state index is 10.1. The molecule has 0 saturated carbocycles. The molecule has 0 spiro atoms. The van der Waals surface area contributed by atoms with Crippen LogP contribution in [0.25, 0.3) is 0 Å². The van der Waals surface area contributed by atoms with Crippen molar-refractivity contribution in [3.8, 4) is 23.7 Å². The number of rotatable bonds is 0. The highest BCUT2D eigenvalue weighted by molar-refractivity contribution is 5.31. The quantitative estimate of drug-likeness (QED) is 0.602. The van der Waals surface area contributed by atoms with Gasteiger partial charge in [0.25, 0.3) is 0 Å². The lowest BCUT2D eigenvalue weighted by atomic mass is 9.74. The molecule has 0 bridgehead atoms. The van der Waals surface area contributed by atoms with Crippen molar-refractivity contribution < 1.29 is 10.2 Å². The Hall–Kier alpha value is -1.22. The Morgan fingerprint density at radius 2 is 1.12 bits per heavy atom. The molecule has 0 aromatic rings. The van der Waals surface area contributed by atoms with Crippen LogP contribution in [0.1, 0.15) is 27.7 Å². The van der Waals surface area contributed by atoms with E-state index >= 15 is 0 Å². The molecular weight excluding hydrogens is 200 g/mol. The van der Waals surface area contributed by atoms with E-state index < -0.39 is 23.0 Å². The van der Waals surface area contributed by atoms with Crippen LogP contribution in [-0.4, -0.2) is 22.4 Å². The van der Waals surface area contributed by atoms with E-state index in [-0.39, 0.29) is 0 Å². The first-order chi connectivity index (χ1) is 7.27. The van der Waals surface area contributed by atoms with Crippen molar-refractivity contribution in [1.82, 2.24) is 0 Å². The molecule has 0 aromatic carbocycles. The molecular formula is C14H18O2. The summed E-state index contributed by atoms with van der Waals surface area (Å²) in [6.45, 7) is 7.25. The summed E-state index contributed by atoms with van der Waals surface area (Å²) in [7, 11) is 0. The summed E-state index contributed by atoms with van der Waals surface area (Å²) in [4.78, 5) is 0. The van der Waals surface area contributed by atoms with Crippen LogP contribution in [0, 0.1) is 34.5 Å². The minimum Gasteiger partial charge on any atom is -0.389 e. The molecule has 2 heteroatoms. The fraction of sp³-hybridized carbons (Fsp3) is 0.571. The van der Waals surface area contributed by atoms with Gasteiger partial charge in [-0.05, 0) is 39.8 Å². The van der Waals surface area contributed by atoms with Gasteiger partial charge < -0.3 is 10.2 Å². The van der Waals surface area contributed by atoms with E-state index in [0.717, 1.165) is 0 Å². The summed E-state index contributed by atoms with van der Waals surface area (Å²) in [6, 6.07) is 0. The van der Waals surface area contributed by atoms with Crippen LogP contribution in [0.3, 0.4) is 0 Å². The molecule has 1 aliphatic carbocycles. The second-order valence-electron chi connectivity index (χ2n) is 5.21. The van der Waals surface area contributed by atoms with Gasteiger partial charge in [-0.25, -0.2) is 0 Å². The Kier molecular flexibility index (Phi) is 3.48. The second-order valence-corrected chi connectivity index (χ2v) is 5.21. The molecule has 2 atom stereocenters. The summed E-state index contributed by atoms with van der Waals surface area (Å²) in [5, 5.41) is 20.2. The summed E-state index contributed by atoms with van der Waals surface area (Å²) < 4.78 is 0. The maximum absolute atomic E-state index is 10.1. The molecule has 0 saturated heterocycles. The maximum Gasteiger partial charge on any atom is 0.0973 e. The Morgan fingerprint density at radius 3 is 1.44 bits per heavy atom. The third kappa shape index (κ3) is 2.67. The lowest BCUT2D eigenvalue weighted by molar-refractivity contribution is -0.0689. The number of aliphatic hydroxyl groups excluding tert-OH is 2. The fourth-order valence-corrected chi connectivity index (χ4v) is 1.48. The first-order valence-corrected chi connectivity index (χ1v) is 5.34. The molecule has 0 aromatic heterocycles. The van der Waals surface area contributed by atoms with Crippen molar-refractivity contribution >= 4 is 0 Å². The van der Waals surface area contributed by atoms with Crippen molar-refractivity contribution in [2.24, 2.45) is 10.8 Å². The van der Waals surface area contributed by atoms with Gasteiger partial charge in [0.15, 0.2) is 0 Å². The zero-order valence-corrected chi connectivity index (χ0v) is 10.2. The summed E-state index contributed by atoms with van der Waals surface area (Å²) in [5.74, 6) is 11.5. The molecule has 0 radical (unpaired) electrons. The highest BCUT2D eigenvalue weighted by atomic mass is 16.3. The average molecular weight is 218 g/mol. The first kappa shape index (κ1) is 12.8. The molecule has 0 aliphatic heterocycles. The Labute approximate surface area is 97.4 Å². The number of aliphatic hydroxyl groups is 2. The largest absolute Gasteiger partial charge is 0.389 e. The van der Waals surface area contributed by atoms with Gasteiger partial charge in [-0.3, -0.25) is 0 Å². The summed E-state index contributed by atoms with van der Waals surface area (Å²) in [5.41, 5.74) is -1.31. The molecule has 0 heterocycles. The van der Waals surface area contributed by atoms with Gasteiger partial charge in [-0.2, -0.15) is 0 Å². The van der Waals surface area contributed by atoms with Crippen molar-refractivity contribution in [2.45, 2.75) is 39.9 Å². The topological polar surface area (TPSA) is 40.5 Å². The van der Waals surface area contributed by atoms with Crippen LogP contribution in [-0.2, 0) is 0 Å². The molecule has 2 N–H and O–H groups in total. The average Bonchev–Trinajstić information content (AvgIpc) is 2.19. The van der Waals surface area contributed by atoms with Crippen LogP contribution in [0.5, 0.6) is 0 Å². The third-order valence-corrected chi connectivity index (χ3v) is 2.82. The van der Waals surface area contributed by atoms with Gasteiger partial charge in [-0.1, -0.05) is 23.7 Å². The van der Waals surface area contributed by atoms with E-state index in [1.165, 1.54) is 0 Å². The Morgan fingerprint density at radius 1 is 0.812 bits per heavy atom. The number of allylic oxidation sites excluding steroid dienone is 2. The lowest BCUT2D eigenvalue weighted by Crippen LogP contribution is -2.46. The second kappa shape index (κ2) is 4.34. The molecule has 16 heavy (non-hydrogen) atoms. The van der Waals surface area contributed by atoms with Crippen molar-refractivity contribution in [3.63, 3.8) is 0 Å². The molecule has 0 fully saturated rings. The minimum absolute atomic E-state index is 0.653. The highest BCUT2D eigenvalue weighted by Crippen LogP contribution is 2.31. The van der Waals surface area contributed by atoms with E-state index in [2.05, 4.69) is 23.7 Å². The number of hydrogen-bond donors (Lipinski definition) is 2. The van der Waals surface area contributed by atoms with Crippen molar-refractivity contribution in [1.29, 1.82) is 0 Å². The van der Waals surface area contributed by atoms with Crippen molar-refractivity contribution in [2.75, 3.05) is 0 Å². The zero-order valence-electron chi connectivity index (χ0n) is 10.2. The number of hydrogen-bond acceptors (Lipinski definition) is 2. The van der Waals surface area contributed by atoms with Gasteiger partial charge in [0.05, 0.1) is 23.0 Å². The summed E-state index contributed by atoms with van der Waals surface area (Å²) in [6.07, 6.45) is 1.48. The van der Waals surface area contributed by atoms with Crippen LogP contribution < -0.4 is 0 Å². The minimum atomic E-state index is -0.921. The molecule has 2 nitrogen and oxygen atoms in total. The first-order valence-electron chi connectivity index (χ1n) is 5.34. The Balaban J connectivity index is 3.20. The van der Waals surface area contributed by atoms with Crippen molar-refractivity contribution in [3.05, 3.63) is 12.2 Å². The zero-order chi connectivity index (χ0) is 12.4. The van der Waals surface area contributed by atoms with Crippen LogP contribution >= 0.6 is 0 Å². The van der Waals surface area contributed by atoms with Gasteiger partial charge in [0, 0.05) is 0 Å². The van der Waals surface area contributed by atoms with E-state index in [1.807, 2.05) is 27.7 Å².